The summed E-state index contributed by atoms with van der Waals surface area (Å²) in [6, 6.07) is 7.75. The number of rotatable bonds is 3. The van der Waals surface area contributed by atoms with Crippen LogP contribution in [0.3, 0.4) is 0 Å². The molecule has 1 heterocycles. The molecule has 0 radical (unpaired) electrons. The second kappa shape index (κ2) is 6.09. The predicted molar refractivity (Wildman–Crippen MR) is 93.6 cm³/mol. The Morgan fingerprint density at radius 1 is 1.40 bits per heavy atom. The highest BCUT2D eigenvalue weighted by molar-refractivity contribution is 8.32. The summed E-state index contributed by atoms with van der Waals surface area (Å²) in [5.74, 6) is 0. The van der Waals surface area contributed by atoms with Gasteiger partial charge in [-0.3, -0.25) is 0 Å². The molecule has 1 aromatic carbocycles. The molecule has 1 aromatic rings. The minimum atomic E-state index is -3.37. The average Bonchev–Trinajstić information content (AvgIpc) is 2.36. The Morgan fingerprint density at radius 2 is 2.10 bits per heavy atom. The van der Waals surface area contributed by atoms with Crippen LogP contribution >= 0.6 is 35.7 Å². The van der Waals surface area contributed by atoms with Crippen LogP contribution in [0.2, 0.25) is 0 Å². The zero-order valence-corrected chi connectivity index (χ0v) is 14.6. The quantitative estimate of drug-likeness (QED) is 0.850. The Morgan fingerprint density at radius 3 is 2.65 bits per heavy atom. The van der Waals surface area contributed by atoms with Crippen LogP contribution < -0.4 is 5.32 Å². The van der Waals surface area contributed by atoms with Crippen molar-refractivity contribution in [2.45, 2.75) is 11.6 Å². The van der Waals surface area contributed by atoms with Crippen molar-refractivity contribution in [3.8, 4) is 0 Å². The first-order valence-corrected chi connectivity index (χ1v) is 10.3. The molecule has 108 valence electrons. The highest BCUT2D eigenvalue weighted by Crippen LogP contribution is 2.36. The number of hydrogen-bond acceptors (Lipinski definition) is 6. The summed E-state index contributed by atoms with van der Waals surface area (Å²) in [6.07, 6.45) is 3.17. The Hall–Kier alpha value is -0.500. The maximum atomic E-state index is 12.1. The van der Waals surface area contributed by atoms with Gasteiger partial charge in [0.05, 0.1) is 9.89 Å². The molecule has 7 heteroatoms. The smallest absolute Gasteiger partial charge is 0.179 e. The molecule has 0 saturated heterocycles. The van der Waals surface area contributed by atoms with Crippen molar-refractivity contribution >= 4 is 55.5 Å². The average molecular weight is 346 g/mol. The van der Waals surface area contributed by atoms with Gasteiger partial charge in [-0.25, -0.2) is 8.42 Å². The molecule has 1 aliphatic heterocycles. The third kappa shape index (κ3) is 3.39. The molecular formula is C13H15NO2S4. The summed E-state index contributed by atoms with van der Waals surface area (Å²) < 4.78 is 24.6. The molecule has 1 N–H and O–H groups in total. The van der Waals surface area contributed by atoms with Gasteiger partial charge in [-0.2, -0.15) is 0 Å². The van der Waals surface area contributed by atoms with Crippen molar-refractivity contribution in [1.29, 1.82) is 0 Å². The first-order chi connectivity index (χ1) is 9.32. The van der Waals surface area contributed by atoms with Gasteiger partial charge in [0.25, 0.3) is 0 Å². The van der Waals surface area contributed by atoms with Gasteiger partial charge in [0, 0.05) is 6.26 Å². The van der Waals surface area contributed by atoms with Gasteiger partial charge < -0.3 is 5.32 Å². The number of thiocarbonyl (C=S) groups is 1. The minimum absolute atomic E-state index is 0.0310. The molecule has 1 atom stereocenters. The monoisotopic (exact) mass is 345 g/mol. The normalized spacial score (nSPS) is 19.9. The van der Waals surface area contributed by atoms with Crippen molar-refractivity contribution in [3.63, 3.8) is 0 Å². The lowest BCUT2D eigenvalue weighted by Crippen LogP contribution is -2.31. The summed E-state index contributed by atoms with van der Waals surface area (Å²) in [6.45, 7) is 1.98. The predicted octanol–water partition coefficient (Wildman–Crippen LogP) is 3.02. The van der Waals surface area contributed by atoms with Gasteiger partial charge in [0.1, 0.15) is 9.61 Å². The van der Waals surface area contributed by atoms with Gasteiger partial charge in [-0.1, -0.05) is 47.7 Å². The molecule has 1 unspecified atom stereocenters. The molecular weight excluding hydrogens is 330 g/mol. The van der Waals surface area contributed by atoms with Crippen molar-refractivity contribution < 1.29 is 8.42 Å². The molecule has 0 fully saturated rings. The zero-order valence-electron chi connectivity index (χ0n) is 11.3. The van der Waals surface area contributed by atoms with Crippen LogP contribution in [0, 0.1) is 6.92 Å². The van der Waals surface area contributed by atoms with E-state index in [4.69, 9.17) is 12.2 Å². The lowest BCUT2D eigenvalue weighted by Gasteiger charge is -2.28. The number of nitrogens with one attached hydrogen (secondary N) is 1. The van der Waals surface area contributed by atoms with Gasteiger partial charge in [0.15, 0.2) is 9.84 Å². The summed E-state index contributed by atoms with van der Waals surface area (Å²) >= 11 is 8.27. The third-order valence-corrected chi connectivity index (χ3v) is 6.84. The molecule has 20 heavy (non-hydrogen) atoms. The fraction of sp³-hybridized carbons (Fsp3) is 0.308. The van der Waals surface area contributed by atoms with E-state index in [0.717, 1.165) is 11.1 Å². The van der Waals surface area contributed by atoms with Crippen molar-refractivity contribution in [1.82, 2.24) is 5.32 Å². The molecule has 1 aliphatic rings. The maximum Gasteiger partial charge on any atom is 0.179 e. The number of sulfone groups is 1. The summed E-state index contributed by atoms with van der Waals surface area (Å²) in [5.41, 5.74) is 2.54. The summed E-state index contributed by atoms with van der Waals surface area (Å²) in [5, 5.41) is 3.27. The highest BCUT2D eigenvalue weighted by atomic mass is 32.2. The zero-order chi connectivity index (χ0) is 14.9. The first-order valence-electron chi connectivity index (χ1n) is 5.84. The van der Waals surface area contributed by atoms with Crippen LogP contribution in [0.4, 0.5) is 0 Å². The lowest BCUT2D eigenvalue weighted by atomic mass is 10.1. The second-order valence-electron chi connectivity index (χ2n) is 4.46. The van der Waals surface area contributed by atoms with Gasteiger partial charge in [0.2, 0.25) is 0 Å². The van der Waals surface area contributed by atoms with E-state index in [1.807, 2.05) is 37.4 Å². The van der Waals surface area contributed by atoms with E-state index in [0.29, 0.717) is 9.89 Å². The molecule has 0 aliphatic carbocycles. The largest absolute Gasteiger partial charge is 0.363 e. The Labute approximate surface area is 133 Å². The SMILES string of the molecule is CSC1NC(c2cccc(C)c2)=C(S(C)(=O)=O)C(=S)S1. The van der Waals surface area contributed by atoms with Crippen molar-refractivity contribution in [3.05, 3.63) is 40.3 Å². The minimum Gasteiger partial charge on any atom is -0.363 e. The second-order valence-corrected chi connectivity index (χ2v) is 9.44. The highest BCUT2D eigenvalue weighted by Gasteiger charge is 2.31. The Balaban J connectivity index is 2.65. The first kappa shape index (κ1) is 15.9. The summed E-state index contributed by atoms with van der Waals surface area (Å²) in [7, 11) is -3.37. The van der Waals surface area contributed by atoms with E-state index in [2.05, 4.69) is 5.32 Å². The third-order valence-electron chi connectivity index (χ3n) is 2.78. The molecule has 0 bridgehead atoms. The van der Waals surface area contributed by atoms with Gasteiger partial charge in [-0.05, 0) is 24.8 Å². The Kier molecular flexibility index (Phi) is 4.84. The van der Waals surface area contributed by atoms with Crippen LogP contribution in [0.5, 0.6) is 0 Å². The van der Waals surface area contributed by atoms with Crippen LogP contribution in [0.1, 0.15) is 11.1 Å². The van der Waals surface area contributed by atoms with Gasteiger partial charge >= 0.3 is 0 Å². The van der Waals surface area contributed by atoms with E-state index >= 15 is 0 Å². The van der Waals surface area contributed by atoms with E-state index in [1.165, 1.54) is 18.0 Å². The number of aryl methyl sites for hydroxylation is 1. The van der Waals surface area contributed by atoms with Crippen molar-refractivity contribution in [2.24, 2.45) is 0 Å². The topological polar surface area (TPSA) is 46.2 Å². The maximum absolute atomic E-state index is 12.1. The lowest BCUT2D eigenvalue weighted by molar-refractivity contribution is 0.609. The molecule has 3 nitrogen and oxygen atoms in total. The van der Waals surface area contributed by atoms with Crippen LogP contribution in [0.15, 0.2) is 29.2 Å². The Bertz CT molecular complexity index is 679. The summed E-state index contributed by atoms with van der Waals surface area (Å²) in [4.78, 5) is 0.230. The van der Waals surface area contributed by atoms with Gasteiger partial charge in [-0.15, -0.1) is 11.8 Å². The van der Waals surface area contributed by atoms with E-state index < -0.39 is 9.84 Å². The number of hydrogen-bond donors (Lipinski definition) is 1. The van der Waals surface area contributed by atoms with Crippen LogP contribution in [-0.4, -0.2) is 29.8 Å². The van der Waals surface area contributed by atoms with E-state index in [-0.39, 0.29) is 9.61 Å². The van der Waals surface area contributed by atoms with Crippen LogP contribution in [-0.2, 0) is 9.84 Å². The fourth-order valence-corrected chi connectivity index (χ4v) is 5.89. The molecule has 0 amide bonds. The molecule has 0 aromatic heterocycles. The van der Waals surface area contributed by atoms with E-state index in [9.17, 15) is 8.42 Å². The molecule has 0 spiro atoms. The fourth-order valence-electron chi connectivity index (χ4n) is 1.92. The standard InChI is InChI=1S/C13H15NO2S4/c1-8-5-4-6-9(7-8)10-11(20(3,15)16)12(17)19-13(14-10)18-2/h4-7,13-14H,1-3H3. The van der Waals surface area contributed by atoms with Crippen molar-refractivity contribution in [2.75, 3.05) is 12.5 Å². The molecule has 2 rings (SSSR count). The molecule has 0 saturated carbocycles. The number of thioether (sulfide) groups is 2. The van der Waals surface area contributed by atoms with E-state index in [1.54, 1.807) is 11.8 Å². The van der Waals surface area contributed by atoms with Crippen LogP contribution in [0.25, 0.3) is 5.70 Å². The number of benzene rings is 1.